The molecule has 2 aliphatic carbocycles. The van der Waals surface area contributed by atoms with E-state index in [1.54, 1.807) is 109 Å². The van der Waals surface area contributed by atoms with Crippen molar-refractivity contribution in [3.63, 3.8) is 0 Å². The minimum atomic E-state index is -0.491. The molecule has 0 atom stereocenters. The molecule has 9 N–H and O–H groups in total. The lowest BCUT2D eigenvalue weighted by molar-refractivity contribution is 0.473. The molecule has 0 saturated heterocycles. The van der Waals surface area contributed by atoms with Crippen molar-refractivity contribution in [2.24, 2.45) is 0 Å². The number of phenols is 9. The summed E-state index contributed by atoms with van der Waals surface area (Å²) in [6.07, 6.45) is 0. The van der Waals surface area contributed by atoms with E-state index >= 15 is 0 Å². The van der Waals surface area contributed by atoms with Crippen molar-refractivity contribution in [2.45, 2.75) is 63.2 Å². The third-order valence-corrected chi connectivity index (χ3v) is 18.7. The Kier molecular flexibility index (Phi) is 19.2. The van der Waals surface area contributed by atoms with Gasteiger partial charge in [-0.05, 0) is 223 Å². The normalized spacial score (nSPS) is 12.6. The van der Waals surface area contributed by atoms with E-state index in [0.29, 0.717) is 5.75 Å². The van der Waals surface area contributed by atoms with Gasteiger partial charge in [0.25, 0.3) is 0 Å². The second kappa shape index (κ2) is 27.9. The van der Waals surface area contributed by atoms with Crippen LogP contribution < -0.4 is 0 Å². The van der Waals surface area contributed by atoms with Crippen molar-refractivity contribution in [1.82, 2.24) is 0 Å². The second-order valence-electron chi connectivity index (χ2n) is 25.7. The van der Waals surface area contributed by atoms with Crippen molar-refractivity contribution >= 4 is 0 Å². The molecule has 97 heavy (non-hydrogen) atoms. The van der Waals surface area contributed by atoms with E-state index in [9.17, 15) is 40.9 Å². The first-order valence-corrected chi connectivity index (χ1v) is 32.1. The molecule has 484 valence electrons. The maximum Gasteiger partial charge on any atom is 0.116 e. The largest absolute Gasteiger partial charge is 0.508 e. The average Bonchev–Trinajstić information content (AvgIpc) is 1.56. The molecule has 9 nitrogen and oxygen atoms in total. The lowest BCUT2D eigenvalue weighted by Gasteiger charge is -2.33. The summed E-state index contributed by atoms with van der Waals surface area (Å²) in [6, 6.07) is 98.1. The van der Waals surface area contributed by atoms with Crippen LogP contribution in [-0.2, 0) is 21.7 Å². The van der Waals surface area contributed by atoms with Crippen molar-refractivity contribution in [3.05, 3.63) is 387 Å². The second-order valence-corrected chi connectivity index (χ2v) is 25.7. The summed E-state index contributed by atoms with van der Waals surface area (Å²) < 4.78 is 0. The van der Waals surface area contributed by atoms with Gasteiger partial charge in [0.05, 0.1) is 10.8 Å². The molecule has 0 unspecified atom stereocenters. The van der Waals surface area contributed by atoms with Crippen LogP contribution in [0.2, 0.25) is 0 Å². The van der Waals surface area contributed by atoms with E-state index < -0.39 is 10.8 Å². The van der Waals surface area contributed by atoms with E-state index in [2.05, 4.69) is 125 Å². The number of benzene rings is 13. The van der Waals surface area contributed by atoms with E-state index in [0.717, 1.165) is 55.6 Å². The predicted molar refractivity (Wildman–Crippen MR) is 388 cm³/mol. The lowest BCUT2D eigenvalue weighted by Crippen LogP contribution is -2.28. The van der Waals surface area contributed by atoms with Crippen molar-refractivity contribution in [2.75, 3.05) is 0 Å². The van der Waals surface area contributed by atoms with Gasteiger partial charge in [0, 0.05) is 10.8 Å². The summed E-state index contributed by atoms with van der Waals surface area (Å²) >= 11 is 0. The quantitative estimate of drug-likeness (QED) is 0.0715. The minimum absolute atomic E-state index is 0.151. The molecule has 9 heteroatoms. The van der Waals surface area contributed by atoms with Crippen LogP contribution in [0.25, 0.3) is 22.3 Å². The zero-order valence-corrected chi connectivity index (χ0v) is 55.0. The van der Waals surface area contributed by atoms with Crippen molar-refractivity contribution < 1.29 is 46.0 Å². The van der Waals surface area contributed by atoms with Crippen LogP contribution in [0.3, 0.4) is 0 Å². The minimum Gasteiger partial charge on any atom is -0.508 e. The Labute approximate surface area is 567 Å². The number of aryl methyl sites for hydroxylation is 2. The van der Waals surface area contributed by atoms with Crippen molar-refractivity contribution in [3.8, 4) is 74.0 Å². The van der Waals surface area contributed by atoms with Gasteiger partial charge in [0.2, 0.25) is 0 Å². The van der Waals surface area contributed by atoms with E-state index in [4.69, 9.17) is 5.11 Å². The lowest BCUT2D eigenvalue weighted by atomic mass is 9.68. The summed E-state index contributed by atoms with van der Waals surface area (Å²) in [7, 11) is 0. The van der Waals surface area contributed by atoms with Gasteiger partial charge in [-0.1, -0.05) is 228 Å². The van der Waals surface area contributed by atoms with Crippen LogP contribution in [0, 0.1) is 13.8 Å². The van der Waals surface area contributed by atoms with Crippen LogP contribution in [0.5, 0.6) is 51.7 Å². The van der Waals surface area contributed by atoms with Gasteiger partial charge in [-0.2, -0.15) is 0 Å². The molecular formula is C88H78O9. The molecule has 0 saturated carbocycles. The predicted octanol–water partition coefficient (Wildman–Crippen LogP) is 19.8. The van der Waals surface area contributed by atoms with E-state index in [1.807, 2.05) is 117 Å². The third kappa shape index (κ3) is 13.6. The molecule has 0 heterocycles. The SMILES string of the molecule is CC(C)(c1ccc(O)cc1)c1ccc(O)cc1.CC(C)(c1ccc(O)cc1)c1ccc(O)cc1.Cc1cc(C)cc(O)c1.Oc1ccc(C2(c3ccc(O)cc3)c3ccccc3-c3ccccc32)cc1.Oc1ccc(C2(c3ccc(O)cc3)c3ccccc3-c3ccccc32)cc1. The Morgan fingerprint density at radius 3 is 0.567 bits per heavy atom. The standard InChI is InChI=1S/2C25H18O2.2C15H16O2.C8H10O/c2*26-19-13-9-17(10-14-19)25(18-11-15-20(27)16-12-18)23-7-3-1-5-21(23)22-6-2-4-8-24(22)25;2*1-15(2,11-3-7-13(16)8-4-11)12-5-9-14(17)10-6-12;1-6-3-7(2)5-8(9)4-6/h2*1-16,26-27H;2*3-10,16-17H,1-2H3;3-5,9H,1-2H3. The highest BCUT2D eigenvalue weighted by Crippen LogP contribution is 2.58. The van der Waals surface area contributed by atoms with Crippen LogP contribution in [-0.4, -0.2) is 46.0 Å². The third-order valence-electron chi connectivity index (χ3n) is 18.7. The molecule has 0 amide bonds. The highest BCUT2D eigenvalue weighted by molar-refractivity contribution is 5.87. The zero-order chi connectivity index (χ0) is 68.7. The summed E-state index contributed by atoms with van der Waals surface area (Å²) in [5, 5.41) is 85.6. The number of hydrogen-bond donors (Lipinski definition) is 9. The molecule has 15 rings (SSSR count). The van der Waals surface area contributed by atoms with Gasteiger partial charge in [0.1, 0.15) is 51.7 Å². The Balaban J connectivity index is 0.000000128. The summed E-state index contributed by atoms with van der Waals surface area (Å²) in [5.41, 5.74) is 19.5. The molecule has 2 aliphatic rings. The molecular weight excluding hydrogens is 1200 g/mol. The zero-order valence-electron chi connectivity index (χ0n) is 55.0. The first-order valence-electron chi connectivity index (χ1n) is 32.1. The van der Waals surface area contributed by atoms with Gasteiger partial charge in [-0.15, -0.1) is 0 Å². The Hall–Kier alpha value is -11.9. The van der Waals surface area contributed by atoms with Crippen LogP contribution in [0.15, 0.2) is 309 Å². The first kappa shape index (κ1) is 66.5. The van der Waals surface area contributed by atoms with E-state index in [1.165, 1.54) is 44.5 Å². The fraction of sp³-hybridized carbons (Fsp3) is 0.114. The van der Waals surface area contributed by atoms with Gasteiger partial charge in [0.15, 0.2) is 0 Å². The number of rotatable bonds is 8. The van der Waals surface area contributed by atoms with Crippen LogP contribution in [0.1, 0.15) is 106 Å². The Morgan fingerprint density at radius 2 is 0.381 bits per heavy atom. The highest BCUT2D eigenvalue weighted by Gasteiger charge is 2.47. The maximum absolute atomic E-state index is 9.85. The molecule has 0 fully saturated rings. The van der Waals surface area contributed by atoms with Crippen LogP contribution >= 0.6 is 0 Å². The smallest absolute Gasteiger partial charge is 0.116 e. The fourth-order valence-corrected chi connectivity index (χ4v) is 13.7. The first-order chi connectivity index (χ1) is 46.6. The topological polar surface area (TPSA) is 182 Å². The monoisotopic (exact) mass is 1280 g/mol. The average molecular weight is 1280 g/mol. The number of hydrogen-bond acceptors (Lipinski definition) is 9. The molecule has 13 aromatic rings. The molecule has 0 aliphatic heterocycles. The number of phenolic OH excluding ortho intramolecular Hbond substituents is 9. The molecule has 0 spiro atoms. The van der Waals surface area contributed by atoms with E-state index in [-0.39, 0.29) is 56.8 Å². The van der Waals surface area contributed by atoms with Gasteiger partial charge in [-0.25, -0.2) is 0 Å². The van der Waals surface area contributed by atoms with Crippen molar-refractivity contribution in [1.29, 1.82) is 0 Å². The highest BCUT2D eigenvalue weighted by atomic mass is 16.3. The van der Waals surface area contributed by atoms with Gasteiger partial charge in [-0.3, -0.25) is 0 Å². The summed E-state index contributed by atoms with van der Waals surface area (Å²) in [4.78, 5) is 0. The number of aromatic hydroxyl groups is 9. The van der Waals surface area contributed by atoms with Crippen LogP contribution in [0.4, 0.5) is 0 Å². The fourth-order valence-electron chi connectivity index (χ4n) is 13.7. The molecule has 0 bridgehead atoms. The summed E-state index contributed by atoms with van der Waals surface area (Å²) in [5.74, 6) is 2.44. The molecule has 13 aromatic carbocycles. The Bertz CT molecular complexity index is 4190. The number of fused-ring (bicyclic) bond motifs is 6. The summed E-state index contributed by atoms with van der Waals surface area (Å²) in [6.45, 7) is 12.4. The van der Waals surface area contributed by atoms with Gasteiger partial charge >= 0.3 is 0 Å². The van der Waals surface area contributed by atoms with Gasteiger partial charge < -0.3 is 46.0 Å². The molecule has 0 radical (unpaired) electrons. The maximum atomic E-state index is 9.85. The Morgan fingerprint density at radius 1 is 0.206 bits per heavy atom. The molecule has 0 aromatic heterocycles.